The third-order valence-electron chi connectivity index (χ3n) is 3.22. The van der Waals surface area contributed by atoms with Crippen molar-refractivity contribution >= 4 is 5.91 Å². The maximum absolute atomic E-state index is 12.0. The van der Waals surface area contributed by atoms with Crippen LogP contribution in [0.25, 0.3) is 0 Å². The van der Waals surface area contributed by atoms with Crippen LogP contribution in [0.1, 0.15) is 29.8 Å². The molecule has 0 unspecified atom stereocenters. The summed E-state index contributed by atoms with van der Waals surface area (Å²) in [6, 6.07) is 0. The molecule has 17 heavy (non-hydrogen) atoms. The molecule has 1 saturated heterocycles. The maximum atomic E-state index is 12.0. The van der Waals surface area contributed by atoms with Gasteiger partial charge in [-0.15, -0.1) is 0 Å². The highest BCUT2D eigenvalue weighted by molar-refractivity contribution is 5.79. The molecule has 0 aliphatic carbocycles. The Kier molecular flexibility index (Phi) is 4.28. The van der Waals surface area contributed by atoms with Gasteiger partial charge in [0.15, 0.2) is 0 Å². The molecule has 1 aromatic heterocycles. The Morgan fingerprint density at radius 1 is 1.41 bits per heavy atom. The van der Waals surface area contributed by atoms with E-state index in [1.165, 1.54) is 12.8 Å². The van der Waals surface area contributed by atoms with E-state index in [0.717, 1.165) is 25.3 Å². The number of carbonyl (C=O) groups excluding carboxylic acids is 1. The molecule has 5 nitrogen and oxygen atoms in total. The first-order chi connectivity index (χ1) is 8.31. The molecule has 0 bridgehead atoms. The summed E-state index contributed by atoms with van der Waals surface area (Å²) in [5.74, 6) is 0.123. The van der Waals surface area contributed by atoms with Crippen molar-refractivity contribution in [3.63, 3.8) is 0 Å². The van der Waals surface area contributed by atoms with Crippen LogP contribution in [0, 0.1) is 0 Å². The number of likely N-dealkylation sites (tertiary alicyclic amines) is 1. The smallest absolute Gasteiger partial charge is 0.233 e. The summed E-state index contributed by atoms with van der Waals surface area (Å²) in [5, 5.41) is 0. The number of hydrogen-bond acceptors (Lipinski definition) is 4. The number of hydrogen-bond donors (Lipinski definition) is 1. The molecule has 2 N–H and O–H groups in total. The zero-order valence-electron chi connectivity index (χ0n) is 10.1. The standard InChI is InChI=1S/C12H20N4O/c13-5-3-11-9-14-10-16(11)12(17)4-8-15-6-1-2-7-15/h9-10H,1-8,13H2. The summed E-state index contributed by atoms with van der Waals surface area (Å²) < 4.78 is 1.64. The van der Waals surface area contributed by atoms with Crippen molar-refractivity contribution in [3.05, 3.63) is 18.2 Å². The van der Waals surface area contributed by atoms with E-state index in [1.807, 2.05) is 0 Å². The lowest BCUT2D eigenvalue weighted by Crippen LogP contribution is -2.25. The number of imidazole rings is 1. The van der Waals surface area contributed by atoms with E-state index in [1.54, 1.807) is 17.1 Å². The summed E-state index contributed by atoms with van der Waals surface area (Å²) in [6.07, 6.45) is 7.11. The van der Waals surface area contributed by atoms with Gasteiger partial charge in [-0.25, -0.2) is 4.98 Å². The van der Waals surface area contributed by atoms with E-state index in [-0.39, 0.29) is 5.91 Å². The number of aromatic nitrogens is 2. The largest absolute Gasteiger partial charge is 0.330 e. The van der Waals surface area contributed by atoms with Crippen LogP contribution in [0.2, 0.25) is 0 Å². The van der Waals surface area contributed by atoms with Crippen LogP contribution in [-0.4, -0.2) is 46.5 Å². The molecule has 2 heterocycles. The second kappa shape index (κ2) is 5.93. The van der Waals surface area contributed by atoms with Gasteiger partial charge in [0.1, 0.15) is 6.33 Å². The van der Waals surface area contributed by atoms with Gasteiger partial charge in [-0.2, -0.15) is 0 Å². The third-order valence-corrected chi connectivity index (χ3v) is 3.22. The molecule has 1 aliphatic heterocycles. The van der Waals surface area contributed by atoms with Gasteiger partial charge in [-0.3, -0.25) is 9.36 Å². The maximum Gasteiger partial charge on any atom is 0.233 e. The highest BCUT2D eigenvalue weighted by Crippen LogP contribution is 2.09. The molecule has 0 spiro atoms. The molecule has 1 aliphatic rings. The Morgan fingerprint density at radius 3 is 2.88 bits per heavy atom. The normalized spacial score (nSPS) is 16.5. The lowest BCUT2D eigenvalue weighted by atomic mass is 10.3. The number of nitrogens with zero attached hydrogens (tertiary/aromatic N) is 3. The third kappa shape index (κ3) is 3.14. The number of rotatable bonds is 5. The Labute approximate surface area is 102 Å². The predicted molar refractivity (Wildman–Crippen MR) is 65.9 cm³/mol. The summed E-state index contributed by atoms with van der Waals surface area (Å²) >= 11 is 0. The average molecular weight is 236 g/mol. The van der Waals surface area contributed by atoms with E-state index in [4.69, 9.17) is 5.73 Å². The fourth-order valence-electron chi connectivity index (χ4n) is 2.26. The molecule has 0 saturated carbocycles. The van der Waals surface area contributed by atoms with Gasteiger partial charge in [-0.1, -0.05) is 0 Å². The fourth-order valence-corrected chi connectivity index (χ4v) is 2.26. The summed E-state index contributed by atoms with van der Waals surface area (Å²) in [6.45, 7) is 3.67. The highest BCUT2D eigenvalue weighted by Gasteiger charge is 2.15. The quantitative estimate of drug-likeness (QED) is 0.809. The van der Waals surface area contributed by atoms with Crippen LogP contribution >= 0.6 is 0 Å². The second-order valence-corrected chi connectivity index (χ2v) is 4.49. The minimum atomic E-state index is 0.123. The molecule has 0 atom stereocenters. The van der Waals surface area contributed by atoms with Gasteiger partial charge >= 0.3 is 0 Å². The van der Waals surface area contributed by atoms with E-state index in [9.17, 15) is 4.79 Å². The summed E-state index contributed by atoms with van der Waals surface area (Å²) in [4.78, 5) is 18.4. The van der Waals surface area contributed by atoms with Gasteiger partial charge in [0.05, 0.1) is 0 Å². The van der Waals surface area contributed by atoms with Crippen LogP contribution in [0.3, 0.4) is 0 Å². The predicted octanol–water partition coefficient (Wildman–Crippen LogP) is 0.510. The van der Waals surface area contributed by atoms with Crippen LogP contribution in [0.5, 0.6) is 0 Å². The summed E-state index contributed by atoms with van der Waals surface area (Å²) in [5.41, 5.74) is 6.42. The Hall–Kier alpha value is -1.20. The van der Waals surface area contributed by atoms with Gasteiger partial charge in [0.2, 0.25) is 5.91 Å². The second-order valence-electron chi connectivity index (χ2n) is 4.49. The fraction of sp³-hybridized carbons (Fsp3) is 0.667. The Morgan fingerprint density at radius 2 is 2.18 bits per heavy atom. The minimum Gasteiger partial charge on any atom is -0.330 e. The first-order valence-electron chi connectivity index (χ1n) is 6.28. The first-order valence-corrected chi connectivity index (χ1v) is 6.28. The monoisotopic (exact) mass is 236 g/mol. The molecule has 1 aromatic rings. The van der Waals surface area contributed by atoms with E-state index in [0.29, 0.717) is 19.4 Å². The molecule has 1 fully saturated rings. The van der Waals surface area contributed by atoms with Gasteiger partial charge in [0.25, 0.3) is 0 Å². The Balaban J connectivity index is 1.87. The van der Waals surface area contributed by atoms with E-state index < -0.39 is 0 Å². The molecule has 5 heteroatoms. The van der Waals surface area contributed by atoms with Crippen LogP contribution in [-0.2, 0) is 6.42 Å². The Bertz CT molecular complexity index is 368. The van der Waals surface area contributed by atoms with Crippen molar-refractivity contribution in [2.24, 2.45) is 5.73 Å². The summed E-state index contributed by atoms with van der Waals surface area (Å²) in [7, 11) is 0. The lowest BCUT2D eigenvalue weighted by Gasteiger charge is -2.14. The van der Waals surface area contributed by atoms with Crippen LogP contribution < -0.4 is 5.73 Å². The SMILES string of the molecule is NCCc1cncn1C(=O)CCN1CCCC1. The molecule has 94 valence electrons. The van der Waals surface area contributed by atoms with Gasteiger partial charge in [-0.05, 0) is 32.5 Å². The molecule has 0 radical (unpaired) electrons. The average Bonchev–Trinajstić information content (AvgIpc) is 2.97. The molecular formula is C12H20N4O. The van der Waals surface area contributed by atoms with Crippen molar-refractivity contribution in [1.82, 2.24) is 14.5 Å². The topological polar surface area (TPSA) is 64.1 Å². The lowest BCUT2D eigenvalue weighted by molar-refractivity contribution is 0.0885. The van der Waals surface area contributed by atoms with Crippen molar-refractivity contribution in [2.75, 3.05) is 26.2 Å². The molecular weight excluding hydrogens is 216 g/mol. The number of nitrogens with two attached hydrogens (primary N) is 1. The first kappa shape index (κ1) is 12.3. The van der Waals surface area contributed by atoms with Crippen LogP contribution in [0.4, 0.5) is 0 Å². The van der Waals surface area contributed by atoms with Crippen molar-refractivity contribution in [3.8, 4) is 0 Å². The zero-order valence-corrected chi connectivity index (χ0v) is 10.1. The van der Waals surface area contributed by atoms with Gasteiger partial charge < -0.3 is 10.6 Å². The highest BCUT2D eigenvalue weighted by atomic mass is 16.2. The zero-order chi connectivity index (χ0) is 12.1. The molecule has 0 amide bonds. The van der Waals surface area contributed by atoms with Crippen molar-refractivity contribution in [2.45, 2.75) is 25.7 Å². The number of carbonyl (C=O) groups is 1. The van der Waals surface area contributed by atoms with E-state index in [2.05, 4.69) is 9.88 Å². The van der Waals surface area contributed by atoms with Crippen molar-refractivity contribution < 1.29 is 4.79 Å². The van der Waals surface area contributed by atoms with Crippen molar-refractivity contribution in [1.29, 1.82) is 0 Å². The van der Waals surface area contributed by atoms with Crippen LogP contribution in [0.15, 0.2) is 12.5 Å². The minimum absolute atomic E-state index is 0.123. The van der Waals surface area contributed by atoms with E-state index >= 15 is 0 Å². The molecule has 0 aromatic carbocycles. The van der Waals surface area contributed by atoms with Gasteiger partial charge in [0, 0.05) is 31.3 Å². The molecule has 2 rings (SSSR count).